The van der Waals surface area contributed by atoms with Gasteiger partial charge in [0.2, 0.25) is 0 Å². The van der Waals surface area contributed by atoms with Crippen LogP contribution in [-0.4, -0.2) is 50.5 Å². The summed E-state index contributed by atoms with van der Waals surface area (Å²) >= 11 is 0. The standard InChI is InChI=1S/C6H10O9S2/c7-5(8)1-3-16(11,12)15-17(13,14)4-2-6(9)10/h1-4H2,(H,7,8)(H,9,10). The van der Waals surface area contributed by atoms with Gasteiger partial charge in [-0.15, -0.1) is 3.63 Å². The second-order valence-electron chi connectivity index (χ2n) is 2.88. The molecule has 0 aromatic carbocycles. The molecule has 0 rings (SSSR count). The van der Waals surface area contributed by atoms with E-state index in [1.165, 1.54) is 0 Å². The molecule has 0 atom stereocenters. The third-order valence-corrected chi connectivity index (χ3v) is 4.41. The first kappa shape index (κ1) is 15.8. The summed E-state index contributed by atoms with van der Waals surface area (Å²) < 4.78 is 47.7. The van der Waals surface area contributed by atoms with Crippen molar-refractivity contribution < 1.29 is 40.3 Å². The molecule has 0 aliphatic heterocycles. The molecule has 0 aromatic heterocycles. The van der Waals surface area contributed by atoms with Crippen LogP contribution >= 0.6 is 0 Å². The molecule has 0 aliphatic carbocycles. The largest absolute Gasteiger partial charge is 0.481 e. The number of carboxylic acid groups (broad SMARTS) is 2. The van der Waals surface area contributed by atoms with Crippen LogP contribution in [0.1, 0.15) is 12.8 Å². The molecule has 0 fully saturated rings. The number of carboxylic acids is 2. The maximum atomic E-state index is 11.0. The van der Waals surface area contributed by atoms with Crippen molar-refractivity contribution in [2.75, 3.05) is 11.5 Å². The van der Waals surface area contributed by atoms with Crippen molar-refractivity contribution in [1.82, 2.24) is 0 Å². The first-order valence-corrected chi connectivity index (χ1v) is 7.29. The van der Waals surface area contributed by atoms with E-state index in [1.54, 1.807) is 0 Å². The highest BCUT2D eigenvalue weighted by molar-refractivity contribution is 7.99. The molecule has 0 saturated heterocycles. The molecule has 0 radical (unpaired) electrons. The number of aliphatic carboxylic acids is 2. The Morgan fingerprint density at radius 3 is 1.35 bits per heavy atom. The van der Waals surface area contributed by atoms with Crippen molar-refractivity contribution >= 4 is 32.2 Å². The molecule has 0 saturated carbocycles. The van der Waals surface area contributed by atoms with E-state index in [1.807, 2.05) is 0 Å². The van der Waals surface area contributed by atoms with Crippen LogP contribution in [0.5, 0.6) is 0 Å². The Bertz CT molecular complexity index is 440. The van der Waals surface area contributed by atoms with Crippen molar-refractivity contribution in [2.45, 2.75) is 12.8 Å². The molecule has 0 spiro atoms. The lowest BCUT2D eigenvalue weighted by atomic mass is 10.5. The quantitative estimate of drug-likeness (QED) is 0.550. The molecule has 11 heteroatoms. The topological polar surface area (TPSA) is 152 Å². The maximum absolute atomic E-state index is 11.0. The number of carbonyl (C=O) groups is 2. The van der Waals surface area contributed by atoms with Crippen molar-refractivity contribution in [3.05, 3.63) is 0 Å². The van der Waals surface area contributed by atoms with Crippen molar-refractivity contribution in [3.63, 3.8) is 0 Å². The second-order valence-corrected chi connectivity index (χ2v) is 6.47. The molecule has 0 aromatic rings. The van der Waals surface area contributed by atoms with Gasteiger partial charge in [0.05, 0.1) is 24.3 Å². The predicted octanol–water partition coefficient (Wildman–Crippen LogP) is -1.39. The molecule has 17 heavy (non-hydrogen) atoms. The molecule has 0 bridgehead atoms. The summed E-state index contributed by atoms with van der Waals surface area (Å²) in [5.41, 5.74) is 0. The third kappa shape index (κ3) is 8.59. The molecule has 9 nitrogen and oxygen atoms in total. The Hall–Kier alpha value is -1.20. The molecule has 2 N–H and O–H groups in total. The molecule has 100 valence electrons. The lowest BCUT2D eigenvalue weighted by Gasteiger charge is -2.03. The normalized spacial score (nSPS) is 12.2. The summed E-state index contributed by atoms with van der Waals surface area (Å²) in [7, 11) is -9.09. The van der Waals surface area contributed by atoms with Crippen LogP contribution in [0.25, 0.3) is 0 Å². The van der Waals surface area contributed by atoms with Crippen LogP contribution in [0, 0.1) is 0 Å². The van der Waals surface area contributed by atoms with E-state index in [9.17, 15) is 26.4 Å². The molecule has 0 aliphatic rings. The molecule has 0 amide bonds. The summed E-state index contributed by atoms with van der Waals surface area (Å²) in [5, 5.41) is 16.4. The zero-order valence-corrected chi connectivity index (χ0v) is 10.0. The Balaban J connectivity index is 4.49. The van der Waals surface area contributed by atoms with Crippen LogP contribution in [0.15, 0.2) is 0 Å². The zero-order chi connectivity index (χ0) is 13.7. The van der Waals surface area contributed by atoms with Crippen LogP contribution in [0.4, 0.5) is 0 Å². The van der Waals surface area contributed by atoms with Gasteiger partial charge in [0.25, 0.3) is 20.2 Å². The van der Waals surface area contributed by atoms with E-state index >= 15 is 0 Å². The first-order valence-electron chi connectivity index (χ1n) is 4.14. The highest BCUT2D eigenvalue weighted by atomic mass is 32.3. The van der Waals surface area contributed by atoms with Gasteiger partial charge in [0.1, 0.15) is 0 Å². The molecular formula is C6H10O9S2. The average molecular weight is 290 g/mol. The average Bonchev–Trinajstić information content (AvgIpc) is 2.10. The lowest BCUT2D eigenvalue weighted by Crippen LogP contribution is -2.21. The van der Waals surface area contributed by atoms with Gasteiger partial charge in [-0.3, -0.25) is 9.59 Å². The SMILES string of the molecule is O=C(O)CCS(=O)(=O)OS(=O)(=O)CCC(=O)O. The fourth-order valence-electron chi connectivity index (χ4n) is 0.651. The van der Waals surface area contributed by atoms with Gasteiger partial charge in [0, 0.05) is 0 Å². The summed E-state index contributed by atoms with van der Waals surface area (Å²) in [6.07, 6.45) is -1.62. The van der Waals surface area contributed by atoms with E-state index in [0.29, 0.717) is 0 Å². The number of hydrogen-bond acceptors (Lipinski definition) is 7. The number of hydrogen-bond donors (Lipinski definition) is 2. The Kier molecular flexibility index (Phi) is 5.51. The monoisotopic (exact) mass is 290 g/mol. The summed E-state index contributed by atoms with van der Waals surface area (Å²) in [4.78, 5) is 20.2. The second kappa shape index (κ2) is 5.93. The van der Waals surface area contributed by atoms with Crippen LogP contribution in [0.2, 0.25) is 0 Å². The van der Waals surface area contributed by atoms with Crippen molar-refractivity contribution in [2.24, 2.45) is 0 Å². The minimum absolute atomic E-state index is 0.809. The third-order valence-electron chi connectivity index (χ3n) is 1.34. The minimum atomic E-state index is -4.54. The highest BCUT2D eigenvalue weighted by Gasteiger charge is 2.24. The van der Waals surface area contributed by atoms with E-state index in [0.717, 1.165) is 0 Å². The summed E-state index contributed by atoms with van der Waals surface area (Å²) in [6.45, 7) is 0. The Morgan fingerprint density at radius 2 is 1.12 bits per heavy atom. The molecular weight excluding hydrogens is 280 g/mol. The smallest absolute Gasteiger partial charge is 0.304 e. The van der Waals surface area contributed by atoms with Crippen LogP contribution in [-0.2, 0) is 33.5 Å². The van der Waals surface area contributed by atoms with E-state index < -0.39 is 56.5 Å². The van der Waals surface area contributed by atoms with Crippen LogP contribution < -0.4 is 0 Å². The van der Waals surface area contributed by atoms with Gasteiger partial charge in [-0.2, -0.15) is 16.8 Å². The minimum Gasteiger partial charge on any atom is -0.481 e. The Labute approximate surface area is 97.3 Å². The van der Waals surface area contributed by atoms with Crippen molar-refractivity contribution in [3.8, 4) is 0 Å². The molecule has 0 unspecified atom stereocenters. The fourth-order valence-corrected chi connectivity index (χ4v) is 3.31. The zero-order valence-electron chi connectivity index (χ0n) is 8.40. The van der Waals surface area contributed by atoms with Gasteiger partial charge in [-0.1, -0.05) is 0 Å². The lowest BCUT2D eigenvalue weighted by molar-refractivity contribution is -0.137. The van der Waals surface area contributed by atoms with Gasteiger partial charge >= 0.3 is 11.9 Å². The van der Waals surface area contributed by atoms with Gasteiger partial charge in [0.15, 0.2) is 0 Å². The maximum Gasteiger partial charge on any atom is 0.304 e. The van der Waals surface area contributed by atoms with Gasteiger partial charge in [-0.25, -0.2) is 0 Å². The van der Waals surface area contributed by atoms with E-state index in [4.69, 9.17) is 10.2 Å². The van der Waals surface area contributed by atoms with Crippen LogP contribution in [0.3, 0.4) is 0 Å². The predicted molar refractivity (Wildman–Crippen MR) is 53.2 cm³/mol. The first-order chi connectivity index (χ1) is 7.54. The number of rotatable bonds is 8. The van der Waals surface area contributed by atoms with E-state index in [2.05, 4.69) is 3.63 Å². The van der Waals surface area contributed by atoms with Gasteiger partial charge in [-0.05, 0) is 0 Å². The summed E-state index contributed by atoms with van der Waals surface area (Å²) in [5.74, 6) is -4.87. The highest BCUT2D eigenvalue weighted by Crippen LogP contribution is 2.05. The van der Waals surface area contributed by atoms with Gasteiger partial charge < -0.3 is 10.2 Å². The van der Waals surface area contributed by atoms with E-state index in [-0.39, 0.29) is 0 Å². The fraction of sp³-hybridized carbons (Fsp3) is 0.667. The van der Waals surface area contributed by atoms with Crippen molar-refractivity contribution in [1.29, 1.82) is 0 Å². The summed E-state index contributed by atoms with van der Waals surface area (Å²) in [6, 6.07) is 0. The molecule has 0 heterocycles. The Morgan fingerprint density at radius 1 is 0.824 bits per heavy atom.